The van der Waals surface area contributed by atoms with Gasteiger partial charge in [-0.15, -0.1) is 0 Å². The minimum Gasteiger partial charge on any atom is -0.316 e. The van der Waals surface area contributed by atoms with E-state index in [0.717, 1.165) is 17.9 Å². The third-order valence-electron chi connectivity index (χ3n) is 4.71. The van der Waals surface area contributed by atoms with Crippen molar-refractivity contribution < 1.29 is 0 Å². The summed E-state index contributed by atoms with van der Waals surface area (Å²) in [5.41, 5.74) is 0. The smallest absolute Gasteiger partial charge is 0.0145 e. The van der Waals surface area contributed by atoms with E-state index < -0.39 is 0 Å². The van der Waals surface area contributed by atoms with E-state index in [-0.39, 0.29) is 0 Å². The van der Waals surface area contributed by atoms with Crippen LogP contribution in [0.25, 0.3) is 0 Å². The second-order valence-electron chi connectivity index (χ2n) is 6.45. The number of likely N-dealkylation sites (tertiary alicyclic amines) is 2. The molecule has 3 heteroatoms. The van der Waals surface area contributed by atoms with E-state index in [1.165, 1.54) is 58.5 Å². The van der Waals surface area contributed by atoms with E-state index in [1.54, 1.807) is 0 Å². The number of rotatable bonds is 5. The number of piperidine rings is 1. The van der Waals surface area contributed by atoms with Gasteiger partial charge in [-0.05, 0) is 64.3 Å². The Bertz CT molecular complexity index is 244. The summed E-state index contributed by atoms with van der Waals surface area (Å²) in [6.07, 6.45) is 4.02. The van der Waals surface area contributed by atoms with Crippen molar-refractivity contribution in [2.45, 2.75) is 39.2 Å². The van der Waals surface area contributed by atoms with Gasteiger partial charge in [-0.3, -0.25) is 4.90 Å². The van der Waals surface area contributed by atoms with Gasteiger partial charge in [0.15, 0.2) is 0 Å². The Morgan fingerprint density at radius 1 is 1.17 bits per heavy atom. The summed E-state index contributed by atoms with van der Waals surface area (Å²) in [5.74, 6) is 1.73. The van der Waals surface area contributed by atoms with Crippen LogP contribution in [-0.4, -0.2) is 62.2 Å². The highest BCUT2D eigenvalue weighted by molar-refractivity contribution is 4.88. The number of hydrogen-bond acceptors (Lipinski definition) is 3. The Morgan fingerprint density at radius 2 is 2.00 bits per heavy atom. The average molecular weight is 253 g/mol. The van der Waals surface area contributed by atoms with Crippen LogP contribution in [0.15, 0.2) is 0 Å². The molecule has 2 fully saturated rings. The molecule has 0 aromatic carbocycles. The molecule has 0 saturated carbocycles. The van der Waals surface area contributed by atoms with Gasteiger partial charge in [-0.2, -0.15) is 0 Å². The maximum atomic E-state index is 3.58. The molecule has 0 radical (unpaired) electrons. The van der Waals surface area contributed by atoms with Crippen LogP contribution >= 0.6 is 0 Å². The SMILES string of the molecule is CCCNCC1CCN(C2CCN(C)CC2C)C1. The largest absolute Gasteiger partial charge is 0.316 e. The fraction of sp³-hybridized carbons (Fsp3) is 1.00. The van der Waals surface area contributed by atoms with Crippen LogP contribution in [0.3, 0.4) is 0 Å². The molecule has 3 atom stereocenters. The standard InChI is InChI=1S/C15H31N3/c1-4-7-16-10-14-5-9-18(12-14)15-6-8-17(3)11-13(15)2/h13-16H,4-12H2,1-3H3. The monoisotopic (exact) mass is 253 g/mol. The fourth-order valence-electron chi connectivity index (χ4n) is 3.70. The van der Waals surface area contributed by atoms with Gasteiger partial charge < -0.3 is 10.2 Å². The van der Waals surface area contributed by atoms with Gasteiger partial charge in [0.25, 0.3) is 0 Å². The van der Waals surface area contributed by atoms with Crippen LogP contribution in [0.5, 0.6) is 0 Å². The van der Waals surface area contributed by atoms with Gasteiger partial charge in [-0.1, -0.05) is 13.8 Å². The first-order valence-electron chi connectivity index (χ1n) is 7.84. The molecule has 0 amide bonds. The molecular formula is C15H31N3. The lowest BCUT2D eigenvalue weighted by molar-refractivity contribution is 0.0900. The molecule has 2 rings (SSSR count). The van der Waals surface area contributed by atoms with Crippen molar-refractivity contribution in [3.05, 3.63) is 0 Å². The number of nitrogens with zero attached hydrogens (tertiary/aromatic N) is 2. The van der Waals surface area contributed by atoms with E-state index in [9.17, 15) is 0 Å². The third-order valence-corrected chi connectivity index (χ3v) is 4.71. The van der Waals surface area contributed by atoms with Gasteiger partial charge in [-0.25, -0.2) is 0 Å². The Labute approximate surface area is 113 Å². The zero-order chi connectivity index (χ0) is 13.0. The zero-order valence-corrected chi connectivity index (χ0v) is 12.5. The van der Waals surface area contributed by atoms with Crippen LogP contribution in [-0.2, 0) is 0 Å². The molecule has 2 aliphatic rings. The van der Waals surface area contributed by atoms with Crippen LogP contribution in [0, 0.1) is 11.8 Å². The highest BCUT2D eigenvalue weighted by Gasteiger charge is 2.33. The fourth-order valence-corrected chi connectivity index (χ4v) is 3.70. The van der Waals surface area contributed by atoms with Crippen molar-refractivity contribution in [3.8, 4) is 0 Å². The summed E-state index contributed by atoms with van der Waals surface area (Å²) >= 11 is 0. The lowest BCUT2D eigenvalue weighted by Gasteiger charge is -2.40. The van der Waals surface area contributed by atoms with Crippen LogP contribution < -0.4 is 5.32 Å². The van der Waals surface area contributed by atoms with E-state index in [2.05, 4.69) is 36.0 Å². The Kier molecular flexibility index (Phi) is 5.46. The maximum absolute atomic E-state index is 3.58. The normalized spacial score (nSPS) is 35.2. The molecule has 2 saturated heterocycles. The summed E-state index contributed by atoms with van der Waals surface area (Å²) in [5, 5.41) is 3.58. The molecule has 3 unspecified atom stereocenters. The predicted octanol–water partition coefficient (Wildman–Crippen LogP) is 1.65. The van der Waals surface area contributed by atoms with Crippen LogP contribution in [0.4, 0.5) is 0 Å². The first kappa shape index (κ1) is 14.3. The number of nitrogens with one attached hydrogen (secondary N) is 1. The molecule has 0 spiro atoms. The van der Waals surface area contributed by atoms with Gasteiger partial charge >= 0.3 is 0 Å². The van der Waals surface area contributed by atoms with E-state index in [0.29, 0.717) is 0 Å². The molecule has 1 N–H and O–H groups in total. The van der Waals surface area contributed by atoms with Crippen molar-refractivity contribution in [2.75, 3.05) is 46.3 Å². The predicted molar refractivity (Wildman–Crippen MR) is 77.9 cm³/mol. The van der Waals surface area contributed by atoms with Gasteiger partial charge in [0.2, 0.25) is 0 Å². The van der Waals surface area contributed by atoms with Crippen LogP contribution in [0.2, 0.25) is 0 Å². The van der Waals surface area contributed by atoms with Gasteiger partial charge in [0, 0.05) is 19.1 Å². The van der Waals surface area contributed by atoms with E-state index in [4.69, 9.17) is 0 Å². The summed E-state index contributed by atoms with van der Waals surface area (Å²) in [6.45, 7) is 12.3. The molecule has 106 valence electrons. The molecule has 0 bridgehead atoms. The first-order valence-corrected chi connectivity index (χ1v) is 7.84. The highest BCUT2D eigenvalue weighted by Crippen LogP contribution is 2.26. The van der Waals surface area contributed by atoms with Crippen LogP contribution in [0.1, 0.15) is 33.1 Å². The molecule has 0 aromatic heterocycles. The summed E-state index contributed by atoms with van der Waals surface area (Å²) < 4.78 is 0. The summed E-state index contributed by atoms with van der Waals surface area (Å²) in [7, 11) is 2.26. The molecule has 18 heavy (non-hydrogen) atoms. The van der Waals surface area contributed by atoms with Crippen molar-refractivity contribution in [1.82, 2.24) is 15.1 Å². The molecule has 2 aliphatic heterocycles. The third kappa shape index (κ3) is 3.69. The molecule has 0 aliphatic carbocycles. The summed E-state index contributed by atoms with van der Waals surface area (Å²) in [6, 6.07) is 0.845. The van der Waals surface area contributed by atoms with Crippen molar-refractivity contribution in [1.29, 1.82) is 0 Å². The lowest BCUT2D eigenvalue weighted by atomic mass is 9.93. The second-order valence-corrected chi connectivity index (χ2v) is 6.45. The topological polar surface area (TPSA) is 18.5 Å². The molecule has 3 nitrogen and oxygen atoms in total. The molecule has 0 aromatic rings. The first-order chi connectivity index (χ1) is 8.70. The highest BCUT2D eigenvalue weighted by atomic mass is 15.2. The van der Waals surface area contributed by atoms with Crippen molar-refractivity contribution in [3.63, 3.8) is 0 Å². The molecular weight excluding hydrogens is 222 g/mol. The Hall–Kier alpha value is -0.120. The number of hydrogen-bond donors (Lipinski definition) is 1. The minimum absolute atomic E-state index is 0.839. The van der Waals surface area contributed by atoms with Crippen molar-refractivity contribution in [2.24, 2.45) is 11.8 Å². The summed E-state index contributed by atoms with van der Waals surface area (Å²) in [4.78, 5) is 5.26. The maximum Gasteiger partial charge on any atom is 0.0145 e. The molecule has 2 heterocycles. The van der Waals surface area contributed by atoms with Crippen molar-refractivity contribution >= 4 is 0 Å². The second kappa shape index (κ2) is 6.88. The van der Waals surface area contributed by atoms with Gasteiger partial charge in [0.05, 0.1) is 0 Å². The quantitative estimate of drug-likeness (QED) is 0.752. The van der Waals surface area contributed by atoms with E-state index in [1.807, 2.05) is 0 Å². The Balaban J connectivity index is 1.74. The van der Waals surface area contributed by atoms with Gasteiger partial charge in [0.1, 0.15) is 0 Å². The minimum atomic E-state index is 0.839. The lowest BCUT2D eigenvalue weighted by Crippen LogP contribution is -2.48. The average Bonchev–Trinajstić information content (AvgIpc) is 2.78. The van der Waals surface area contributed by atoms with E-state index >= 15 is 0 Å². The Morgan fingerprint density at radius 3 is 2.72 bits per heavy atom. The zero-order valence-electron chi connectivity index (χ0n) is 12.5.